The Balaban J connectivity index is 0. The summed E-state index contributed by atoms with van der Waals surface area (Å²) in [5.41, 5.74) is 0.913. The van der Waals surface area contributed by atoms with Crippen LogP contribution < -0.4 is 14.2 Å². The molecule has 0 saturated carbocycles. The van der Waals surface area contributed by atoms with Crippen LogP contribution in [0.1, 0.15) is 28.1 Å². The van der Waals surface area contributed by atoms with Crippen LogP contribution in [0.3, 0.4) is 0 Å². The molecule has 0 aliphatic heterocycles. The van der Waals surface area contributed by atoms with Gasteiger partial charge in [-0.15, -0.1) is 0 Å². The predicted molar refractivity (Wildman–Crippen MR) is 185 cm³/mol. The van der Waals surface area contributed by atoms with Crippen LogP contribution in [0.5, 0.6) is 23.0 Å². The van der Waals surface area contributed by atoms with Crippen molar-refractivity contribution in [3.05, 3.63) is 44.3 Å². The second-order valence-electron chi connectivity index (χ2n) is 11.1. The van der Waals surface area contributed by atoms with Crippen molar-refractivity contribution in [3.8, 4) is 23.0 Å². The molecule has 0 radical (unpaired) electrons. The summed E-state index contributed by atoms with van der Waals surface area (Å²) >= 11 is 11.8. The van der Waals surface area contributed by atoms with Crippen molar-refractivity contribution in [3.63, 3.8) is 0 Å². The molecule has 2 aromatic carbocycles. The van der Waals surface area contributed by atoms with Gasteiger partial charge in [-0.25, -0.2) is 0 Å². The number of aldehydes is 2. The highest BCUT2D eigenvalue weighted by Crippen LogP contribution is 2.33. The standard InChI is InChI=1S/C14H21BrO4Si.C8H7BrO3.C6H15ClOSi.CH4/c1-17-13-8-12(15)11(9-16)7-14(13)19-10-18-5-6-20(2,3)4;1-12-8-3-6(9)5(4-10)2-7(8)11;1-9(2,3)5-4-8-6-7;/h7-9H,5-6,10H2,1-4H3;2-4,11H,1H3;4-6H2,1-3H3;1H4. The summed E-state index contributed by atoms with van der Waals surface area (Å²) in [5.74, 6) is 1.37. The maximum Gasteiger partial charge on any atom is 0.189 e. The normalized spacial score (nSPS) is 10.6. The average molecular weight is 775 g/mol. The van der Waals surface area contributed by atoms with Crippen LogP contribution in [0.25, 0.3) is 0 Å². The molecular formula is C29H47Br2ClO8Si2. The Labute approximate surface area is 275 Å². The molecule has 0 aliphatic rings. The Morgan fingerprint density at radius 3 is 1.64 bits per heavy atom. The number of phenolic OH excluding ortho intramolecular Hbond substituents is 1. The summed E-state index contributed by atoms with van der Waals surface area (Å²) in [4.78, 5) is 21.3. The molecular weight excluding hydrogens is 728 g/mol. The second-order valence-corrected chi connectivity index (χ2v) is 24.3. The maximum absolute atomic E-state index is 10.9. The zero-order chi connectivity index (χ0) is 31.6. The molecule has 0 aromatic heterocycles. The fourth-order valence-corrected chi connectivity index (χ4v) is 5.16. The Morgan fingerprint density at radius 2 is 1.21 bits per heavy atom. The smallest absolute Gasteiger partial charge is 0.189 e. The monoisotopic (exact) mass is 772 g/mol. The minimum atomic E-state index is -1.08. The van der Waals surface area contributed by atoms with E-state index in [-0.39, 0.29) is 20.0 Å². The Morgan fingerprint density at radius 1 is 0.762 bits per heavy atom. The minimum absolute atomic E-state index is 0. The molecule has 0 amide bonds. The van der Waals surface area contributed by atoms with Crippen LogP contribution in [0.2, 0.25) is 51.4 Å². The Hall–Kier alpha value is -1.42. The number of carbonyl (C=O) groups is 2. The molecule has 0 aliphatic carbocycles. The highest BCUT2D eigenvalue weighted by molar-refractivity contribution is 9.10. The van der Waals surface area contributed by atoms with Crippen LogP contribution in [-0.4, -0.2) is 74.1 Å². The number of halogens is 3. The quantitative estimate of drug-likeness (QED) is 0.0668. The van der Waals surface area contributed by atoms with Crippen molar-refractivity contribution in [2.24, 2.45) is 0 Å². The minimum Gasteiger partial charge on any atom is -0.504 e. The Bertz CT molecular complexity index is 1080. The van der Waals surface area contributed by atoms with Gasteiger partial charge in [-0.2, -0.15) is 0 Å². The number of aromatic hydroxyl groups is 1. The van der Waals surface area contributed by atoms with Gasteiger partial charge in [-0.3, -0.25) is 9.59 Å². The van der Waals surface area contributed by atoms with Gasteiger partial charge in [-0.1, -0.05) is 58.3 Å². The van der Waals surface area contributed by atoms with Crippen LogP contribution in [-0.2, 0) is 9.47 Å². The van der Waals surface area contributed by atoms with Crippen molar-refractivity contribution < 1.29 is 38.4 Å². The summed E-state index contributed by atoms with van der Waals surface area (Å²) in [7, 11) is 1.04. The number of phenols is 1. The second kappa shape index (κ2) is 22.1. The molecule has 13 heteroatoms. The number of hydrogen-bond acceptors (Lipinski definition) is 8. The Kier molecular flexibility index (Phi) is 22.5. The number of carbonyl (C=O) groups excluding carboxylic acids is 2. The highest BCUT2D eigenvalue weighted by atomic mass is 79.9. The summed E-state index contributed by atoms with van der Waals surface area (Å²) in [6, 6.07) is 8.87. The van der Waals surface area contributed by atoms with E-state index in [1.165, 1.54) is 19.2 Å². The molecule has 0 unspecified atom stereocenters. The lowest BCUT2D eigenvalue weighted by atomic mass is 10.2. The molecule has 0 saturated heterocycles. The van der Waals surface area contributed by atoms with Gasteiger partial charge in [0.05, 0.1) is 14.2 Å². The highest BCUT2D eigenvalue weighted by Gasteiger charge is 2.13. The maximum atomic E-state index is 10.9. The van der Waals surface area contributed by atoms with Gasteiger partial charge >= 0.3 is 0 Å². The molecule has 0 atom stereocenters. The van der Waals surface area contributed by atoms with E-state index in [4.69, 9.17) is 35.3 Å². The number of methoxy groups -OCH3 is 2. The van der Waals surface area contributed by atoms with Gasteiger partial charge in [0.15, 0.2) is 42.4 Å². The van der Waals surface area contributed by atoms with E-state index < -0.39 is 16.1 Å². The molecule has 2 aromatic rings. The number of benzene rings is 2. The predicted octanol–water partition coefficient (Wildman–Crippen LogP) is 9.11. The van der Waals surface area contributed by atoms with E-state index in [1.807, 2.05) is 0 Å². The summed E-state index contributed by atoms with van der Waals surface area (Å²) in [6.45, 7) is 15.5. The lowest BCUT2D eigenvalue weighted by Crippen LogP contribution is -2.22. The zero-order valence-corrected chi connectivity index (χ0v) is 31.1. The van der Waals surface area contributed by atoms with E-state index >= 15 is 0 Å². The number of rotatable bonds is 14. The zero-order valence-electron chi connectivity index (χ0n) is 25.1. The lowest BCUT2D eigenvalue weighted by molar-refractivity contribution is 0.0205. The van der Waals surface area contributed by atoms with Crippen molar-refractivity contribution in [2.75, 3.05) is 40.3 Å². The first kappa shape index (κ1) is 42.7. The van der Waals surface area contributed by atoms with Crippen molar-refractivity contribution >= 4 is 72.2 Å². The van der Waals surface area contributed by atoms with Crippen molar-refractivity contribution in [1.82, 2.24) is 0 Å². The van der Waals surface area contributed by atoms with E-state index in [1.54, 1.807) is 25.3 Å². The molecule has 0 fully saturated rings. The van der Waals surface area contributed by atoms with Gasteiger partial charge in [0.1, 0.15) is 6.07 Å². The first-order valence-corrected chi connectivity index (χ1v) is 22.3. The number of ether oxygens (including phenoxy) is 5. The summed E-state index contributed by atoms with van der Waals surface area (Å²) in [6.07, 6.45) is 1.42. The largest absolute Gasteiger partial charge is 0.504 e. The van der Waals surface area contributed by atoms with Crippen molar-refractivity contribution in [1.29, 1.82) is 0 Å². The van der Waals surface area contributed by atoms with Crippen molar-refractivity contribution in [2.45, 2.75) is 58.8 Å². The third-order valence-electron chi connectivity index (χ3n) is 5.20. The molecule has 0 bridgehead atoms. The third-order valence-corrected chi connectivity index (χ3v) is 10.1. The SMILES string of the molecule is C.COc1cc(Br)c(C=O)cc1O.COc1cc(Br)c(C=O)cc1OCOCC[Si](C)(C)C.C[Si](C)(C)CCOCCl. The van der Waals surface area contributed by atoms with Crippen LogP contribution in [0.15, 0.2) is 33.2 Å². The summed E-state index contributed by atoms with van der Waals surface area (Å²) < 4.78 is 27.3. The number of alkyl halides is 1. The fraction of sp³-hybridized carbons (Fsp3) is 0.517. The van der Waals surface area contributed by atoms with Gasteiger partial charge in [0.25, 0.3) is 0 Å². The van der Waals surface area contributed by atoms with E-state index in [2.05, 4.69) is 71.1 Å². The van der Waals surface area contributed by atoms with Gasteiger partial charge < -0.3 is 28.8 Å². The summed E-state index contributed by atoms with van der Waals surface area (Å²) in [5, 5.41) is 9.24. The van der Waals surface area contributed by atoms with Crippen LogP contribution in [0.4, 0.5) is 0 Å². The third kappa shape index (κ3) is 19.0. The average Bonchev–Trinajstić information content (AvgIpc) is 2.89. The molecule has 240 valence electrons. The lowest BCUT2D eigenvalue weighted by Gasteiger charge is -2.16. The van der Waals surface area contributed by atoms with E-state index in [0.29, 0.717) is 56.3 Å². The molecule has 0 heterocycles. The van der Waals surface area contributed by atoms with Gasteiger partial charge in [-0.05, 0) is 68.2 Å². The molecule has 1 N–H and O–H groups in total. The first-order chi connectivity index (χ1) is 19.1. The van der Waals surface area contributed by atoms with Crippen LogP contribution >= 0.6 is 43.5 Å². The molecule has 0 spiro atoms. The van der Waals surface area contributed by atoms with E-state index in [9.17, 15) is 14.7 Å². The number of hydrogen-bond donors (Lipinski definition) is 1. The van der Waals surface area contributed by atoms with Gasteiger partial charge in [0, 0.05) is 49.4 Å². The van der Waals surface area contributed by atoms with Gasteiger partial charge in [0.2, 0.25) is 0 Å². The van der Waals surface area contributed by atoms with Crippen LogP contribution in [0, 0.1) is 0 Å². The topological polar surface area (TPSA) is 101 Å². The first-order valence-electron chi connectivity index (χ1n) is 12.8. The molecule has 8 nitrogen and oxygen atoms in total. The van der Waals surface area contributed by atoms with E-state index in [0.717, 1.165) is 18.9 Å². The molecule has 42 heavy (non-hydrogen) atoms. The fourth-order valence-electron chi connectivity index (χ4n) is 2.70. The molecule has 2 rings (SSSR count).